The highest BCUT2D eigenvalue weighted by atomic mass is 16.4. The van der Waals surface area contributed by atoms with E-state index in [1.54, 1.807) is 0 Å². The van der Waals surface area contributed by atoms with Crippen molar-refractivity contribution in [2.24, 2.45) is 11.3 Å². The molecule has 0 aliphatic carbocycles. The molecule has 0 spiro atoms. The molecule has 0 aliphatic rings. The Balaban J connectivity index is 2.52. The van der Waals surface area contributed by atoms with Gasteiger partial charge in [-0.2, -0.15) is 0 Å². The number of amides is 1. The Morgan fingerprint density at radius 2 is 2.05 bits per heavy atom. The second-order valence-electron chi connectivity index (χ2n) is 5.81. The summed E-state index contributed by atoms with van der Waals surface area (Å²) in [5.41, 5.74) is 0.156. The Labute approximate surface area is 113 Å². The largest absolute Gasteiger partial charge is 0.478 e. The maximum Gasteiger partial charge on any atom is 0.339 e. The lowest BCUT2D eigenvalue weighted by molar-refractivity contribution is -0.121. The Kier molecular flexibility index (Phi) is 4.75. The second kappa shape index (κ2) is 5.91. The van der Waals surface area contributed by atoms with Crippen LogP contribution >= 0.6 is 0 Å². The lowest BCUT2D eigenvalue weighted by atomic mass is 9.82. The molecule has 1 aromatic heterocycles. The van der Waals surface area contributed by atoms with Gasteiger partial charge in [0, 0.05) is 6.54 Å². The van der Waals surface area contributed by atoms with Gasteiger partial charge in [-0.1, -0.05) is 27.7 Å². The van der Waals surface area contributed by atoms with Crippen molar-refractivity contribution in [3.63, 3.8) is 0 Å². The zero-order valence-corrected chi connectivity index (χ0v) is 11.8. The molecule has 2 N–H and O–H groups in total. The van der Waals surface area contributed by atoms with E-state index in [0.29, 0.717) is 12.5 Å². The van der Waals surface area contributed by atoms with Crippen LogP contribution in [0.5, 0.6) is 0 Å². The van der Waals surface area contributed by atoms with Crippen molar-refractivity contribution in [3.05, 3.63) is 23.7 Å². The fourth-order valence-electron chi connectivity index (χ4n) is 1.45. The quantitative estimate of drug-likeness (QED) is 0.858. The number of furan rings is 1. The highest BCUT2D eigenvalue weighted by Gasteiger charge is 2.21. The number of carboxylic acid groups (broad SMARTS) is 1. The number of nitrogens with one attached hydrogen (secondary N) is 1. The molecule has 0 saturated heterocycles. The molecular weight excluding hydrogens is 246 g/mol. The van der Waals surface area contributed by atoms with Crippen molar-refractivity contribution < 1.29 is 19.1 Å². The maximum atomic E-state index is 11.8. The summed E-state index contributed by atoms with van der Waals surface area (Å²) in [7, 11) is 0. The van der Waals surface area contributed by atoms with E-state index in [-0.39, 0.29) is 29.1 Å². The standard InChI is InChI=1S/C14H21NO4/c1-9(14(2,3)4)8-15-12(16)7-11-10(13(17)18)5-6-19-11/h5-6,9H,7-8H2,1-4H3,(H,15,16)(H,17,18). The predicted molar refractivity (Wildman–Crippen MR) is 71.0 cm³/mol. The third-order valence-electron chi connectivity index (χ3n) is 3.38. The van der Waals surface area contributed by atoms with Crippen molar-refractivity contribution in [1.82, 2.24) is 5.32 Å². The van der Waals surface area contributed by atoms with Gasteiger partial charge in [-0.25, -0.2) is 4.79 Å². The SMILES string of the molecule is CC(CNC(=O)Cc1occc1C(=O)O)C(C)(C)C. The molecule has 1 aromatic rings. The molecule has 0 fully saturated rings. The fourth-order valence-corrected chi connectivity index (χ4v) is 1.45. The molecule has 1 rings (SSSR count). The lowest BCUT2D eigenvalue weighted by Crippen LogP contribution is -2.34. The summed E-state index contributed by atoms with van der Waals surface area (Å²) in [5, 5.41) is 11.7. The minimum atomic E-state index is -1.08. The zero-order valence-electron chi connectivity index (χ0n) is 11.8. The number of hydrogen-bond donors (Lipinski definition) is 2. The van der Waals surface area contributed by atoms with Crippen molar-refractivity contribution >= 4 is 11.9 Å². The fraction of sp³-hybridized carbons (Fsp3) is 0.571. The van der Waals surface area contributed by atoms with Crippen LogP contribution in [0.3, 0.4) is 0 Å². The third-order valence-corrected chi connectivity index (χ3v) is 3.38. The topological polar surface area (TPSA) is 79.5 Å². The minimum absolute atomic E-state index is 0.0408. The monoisotopic (exact) mass is 267 g/mol. The van der Waals surface area contributed by atoms with Crippen LogP contribution in [-0.2, 0) is 11.2 Å². The van der Waals surface area contributed by atoms with Crippen LogP contribution in [0.2, 0.25) is 0 Å². The summed E-state index contributed by atoms with van der Waals surface area (Å²) >= 11 is 0. The smallest absolute Gasteiger partial charge is 0.339 e. The molecule has 5 heteroatoms. The molecule has 0 saturated carbocycles. The van der Waals surface area contributed by atoms with E-state index in [2.05, 4.69) is 33.0 Å². The first-order valence-corrected chi connectivity index (χ1v) is 6.28. The summed E-state index contributed by atoms with van der Waals surface area (Å²) in [5.74, 6) is -0.798. The average molecular weight is 267 g/mol. The summed E-state index contributed by atoms with van der Waals surface area (Å²) in [6, 6.07) is 1.35. The molecule has 5 nitrogen and oxygen atoms in total. The van der Waals surface area contributed by atoms with E-state index >= 15 is 0 Å². The summed E-state index contributed by atoms with van der Waals surface area (Å²) < 4.78 is 5.03. The normalized spacial score (nSPS) is 13.1. The van der Waals surface area contributed by atoms with Gasteiger partial charge in [-0.15, -0.1) is 0 Å². The number of carboxylic acids is 1. The molecule has 0 bridgehead atoms. The van der Waals surface area contributed by atoms with Gasteiger partial charge in [0.15, 0.2) is 0 Å². The van der Waals surface area contributed by atoms with E-state index in [1.807, 2.05) is 0 Å². The summed E-state index contributed by atoms with van der Waals surface area (Å²) in [6.07, 6.45) is 1.23. The molecule has 106 valence electrons. The number of hydrogen-bond acceptors (Lipinski definition) is 3. The first-order chi connectivity index (χ1) is 8.71. The van der Waals surface area contributed by atoms with Gasteiger partial charge in [-0.3, -0.25) is 4.79 Å². The number of aromatic carboxylic acids is 1. The van der Waals surface area contributed by atoms with Crippen molar-refractivity contribution in [2.45, 2.75) is 34.1 Å². The van der Waals surface area contributed by atoms with E-state index < -0.39 is 5.97 Å². The van der Waals surface area contributed by atoms with Crippen molar-refractivity contribution in [2.75, 3.05) is 6.54 Å². The predicted octanol–water partition coefficient (Wildman–Crippen LogP) is 2.32. The van der Waals surface area contributed by atoms with Crippen LogP contribution in [0.1, 0.15) is 43.8 Å². The molecular formula is C14H21NO4. The van der Waals surface area contributed by atoms with Gasteiger partial charge >= 0.3 is 5.97 Å². The van der Waals surface area contributed by atoms with E-state index in [9.17, 15) is 9.59 Å². The van der Waals surface area contributed by atoms with Crippen LogP contribution in [-0.4, -0.2) is 23.5 Å². The van der Waals surface area contributed by atoms with Crippen LogP contribution in [0.4, 0.5) is 0 Å². The first-order valence-electron chi connectivity index (χ1n) is 6.28. The number of rotatable bonds is 5. The highest BCUT2D eigenvalue weighted by molar-refractivity contribution is 5.90. The number of carbonyl (C=O) groups is 2. The maximum absolute atomic E-state index is 11.8. The third kappa shape index (κ3) is 4.43. The molecule has 1 atom stereocenters. The van der Waals surface area contributed by atoms with E-state index in [0.717, 1.165) is 0 Å². The molecule has 0 radical (unpaired) electrons. The van der Waals surface area contributed by atoms with Crippen molar-refractivity contribution in [1.29, 1.82) is 0 Å². The summed E-state index contributed by atoms with van der Waals surface area (Å²) in [4.78, 5) is 22.6. The molecule has 19 heavy (non-hydrogen) atoms. The highest BCUT2D eigenvalue weighted by Crippen LogP contribution is 2.24. The van der Waals surface area contributed by atoms with Gasteiger partial charge in [0.1, 0.15) is 11.3 Å². The Hall–Kier alpha value is -1.78. The molecule has 1 heterocycles. The Morgan fingerprint density at radius 3 is 2.58 bits per heavy atom. The summed E-state index contributed by atoms with van der Waals surface area (Å²) in [6.45, 7) is 8.96. The van der Waals surface area contributed by atoms with Gasteiger partial charge in [0.2, 0.25) is 5.91 Å². The van der Waals surface area contributed by atoms with Gasteiger partial charge in [0.25, 0.3) is 0 Å². The number of carbonyl (C=O) groups excluding carboxylic acids is 1. The molecule has 0 aromatic carbocycles. The van der Waals surface area contributed by atoms with Crippen molar-refractivity contribution in [3.8, 4) is 0 Å². The van der Waals surface area contributed by atoms with Crippen LogP contribution < -0.4 is 5.32 Å². The lowest BCUT2D eigenvalue weighted by Gasteiger charge is -2.27. The van der Waals surface area contributed by atoms with Gasteiger partial charge < -0.3 is 14.8 Å². The van der Waals surface area contributed by atoms with E-state index in [1.165, 1.54) is 12.3 Å². The minimum Gasteiger partial charge on any atom is -0.478 e. The second-order valence-corrected chi connectivity index (χ2v) is 5.81. The molecule has 1 amide bonds. The molecule has 0 aliphatic heterocycles. The Bertz CT molecular complexity index is 456. The van der Waals surface area contributed by atoms with E-state index in [4.69, 9.17) is 9.52 Å². The van der Waals surface area contributed by atoms with Gasteiger partial charge in [-0.05, 0) is 17.4 Å². The zero-order chi connectivity index (χ0) is 14.6. The van der Waals surface area contributed by atoms with Crippen LogP contribution in [0.25, 0.3) is 0 Å². The molecule has 1 unspecified atom stereocenters. The van der Waals surface area contributed by atoms with Crippen LogP contribution in [0.15, 0.2) is 16.7 Å². The first kappa shape index (κ1) is 15.3. The average Bonchev–Trinajstić information content (AvgIpc) is 2.72. The Morgan fingerprint density at radius 1 is 1.42 bits per heavy atom. The van der Waals surface area contributed by atoms with Gasteiger partial charge in [0.05, 0.1) is 12.7 Å². The van der Waals surface area contributed by atoms with Crippen LogP contribution in [0, 0.1) is 11.3 Å².